The Labute approximate surface area is 142 Å². The number of ether oxygens (including phenoxy) is 1. The highest BCUT2D eigenvalue weighted by molar-refractivity contribution is 5.80. The molecule has 2 rings (SSSR count). The van der Waals surface area contributed by atoms with E-state index in [9.17, 15) is 14.7 Å². The minimum Gasteiger partial charge on any atom is -0.480 e. The lowest BCUT2D eigenvalue weighted by atomic mass is 9.79. The van der Waals surface area contributed by atoms with E-state index in [0.717, 1.165) is 0 Å². The fraction of sp³-hybridized carbons (Fsp3) is 0.571. The highest BCUT2D eigenvalue weighted by atomic mass is 16.5. The Morgan fingerprint density at radius 3 is 2.76 bits per heavy atom. The van der Waals surface area contributed by atoms with Crippen molar-refractivity contribution in [3.8, 4) is 0 Å². The average molecular weight is 354 g/mol. The summed E-state index contributed by atoms with van der Waals surface area (Å²) in [5.74, 6) is -1.31. The lowest BCUT2D eigenvalue weighted by Crippen LogP contribution is -2.64. The number of aliphatic carboxylic acids is 1. The van der Waals surface area contributed by atoms with Crippen LogP contribution >= 0.6 is 0 Å². The van der Waals surface area contributed by atoms with Gasteiger partial charge in [0.1, 0.15) is 12.3 Å². The largest absolute Gasteiger partial charge is 0.480 e. The Morgan fingerprint density at radius 2 is 2.16 bits per heavy atom. The number of aliphatic hydroxyl groups is 1. The van der Waals surface area contributed by atoms with Gasteiger partial charge < -0.3 is 26.4 Å². The van der Waals surface area contributed by atoms with Crippen molar-refractivity contribution in [1.82, 2.24) is 19.5 Å². The highest BCUT2D eigenvalue weighted by Crippen LogP contribution is 2.29. The van der Waals surface area contributed by atoms with Crippen LogP contribution in [0.1, 0.15) is 26.7 Å². The van der Waals surface area contributed by atoms with Gasteiger partial charge in [-0.15, -0.1) is 0 Å². The fourth-order valence-electron chi connectivity index (χ4n) is 2.45. The molecular formula is C14H22N6O5. The SMILES string of the molecule is CC(C)(OCn1cnc2c(=O)[nH]c(N)nc21)[C@@](N)(CCCO)C(=O)O. The number of nitrogens with one attached hydrogen (secondary N) is 1. The van der Waals surface area contributed by atoms with Gasteiger partial charge in [0.05, 0.1) is 11.9 Å². The predicted molar refractivity (Wildman–Crippen MR) is 88.6 cm³/mol. The van der Waals surface area contributed by atoms with Crippen molar-refractivity contribution in [3.63, 3.8) is 0 Å². The van der Waals surface area contributed by atoms with Crippen LogP contribution < -0.4 is 17.0 Å². The summed E-state index contributed by atoms with van der Waals surface area (Å²) in [6, 6.07) is 0. The molecular weight excluding hydrogens is 332 g/mol. The second-order valence-corrected chi connectivity index (χ2v) is 6.23. The molecule has 138 valence electrons. The van der Waals surface area contributed by atoms with Crippen LogP contribution in [0, 0.1) is 0 Å². The summed E-state index contributed by atoms with van der Waals surface area (Å²) in [6.07, 6.45) is 1.59. The molecule has 0 radical (unpaired) electrons. The fourth-order valence-corrected chi connectivity index (χ4v) is 2.45. The molecule has 0 aromatic carbocycles. The molecule has 0 fully saturated rings. The summed E-state index contributed by atoms with van der Waals surface area (Å²) in [5.41, 5.74) is 8.41. The number of aliphatic hydroxyl groups excluding tert-OH is 1. The van der Waals surface area contributed by atoms with E-state index in [1.807, 2.05) is 0 Å². The van der Waals surface area contributed by atoms with Gasteiger partial charge in [0.15, 0.2) is 11.2 Å². The Hall–Kier alpha value is -2.50. The minimum atomic E-state index is -1.71. The number of aromatic nitrogens is 4. The second-order valence-electron chi connectivity index (χ2n) is 6.23. The summed E-state index contributed by atoms with van der Waals surface area (Å²) in [7, 11) is 0. The number of nitrogens with zero attached hydrogens (tertiary/aromatic N) is 3. The lowest BCUT2D eigenvalue weighted by Gasteiger charge is -2.40. The van der Waals surface area contributed by atoms with Crippen molar-refractivity contribution in [2.24, 2.45) is 5.73 Å². The zero-order valence-electron chi connectivity index (χ0n) is 14.0. The normalized spacial score (nSPS) is 14.6. The molecule has 11 nitrogen and oxygen atoms in total. The molecule has 0 spiro atoms. The molecule has 0 unspecified atom stereocenters. The number of rotatable bonds is 8. The standard InChI is InChI=1S/C14H22N6O5/c1-13(2,14(16,11(23)24)4-3-5-21)25-7-20-6-17-8-9(20)18-12(15)19-10(8)22/h6,21H,3-5,7,16H2,1-2H3,(H,23,24)(H3,15,18,19,22)/t14-/m1/s1. The summed E-state index contributed by atoms with van der Waals surface area (Å²) < 4.78 is 7.16. The third-order valence-electron chi connectivity index (χ3n) is 4.24. The molecule has 11 heteroatoms. The number of aromatic amines is 1. The Balaban J connectivity index is 2.27. The maximum absolute atomic E-state index is 11.8. The molecule has 2 aromatic heterocycles. The number of anilines is 1. The van der Waals surface area contributed by atoms with E-state index >= 15 is 0 Å². The second kappa shape index (κ2) is 6.78. The van der Waals surface area contributed by atoms with Crippen LogP contribution in [-0.2, 0) is 16.3 Å². The molecule has 0 bridgehead atoms. The number of carboxylic acids is 1. The quantitative estimate of drug-likeness (QED) is 0.397. The number of hydrogen-bond donors (Lipinski definition) is 5. The van der Waals surface area contributed by atoms with Crippen LogP contribution in [0.3, 0.4) is 0 Å². The minimum absolute atomic E-state index is 0.0291. The van der Waals surface area contributed by atoms with Gasteiger partial charge in [0, 0.05) is 6.61 Å². The zero-order valence-corrected chi connectivity index (χ0v) is 14.0. The van der Waals surface area contributed by atoms with Gasteiger partial charge in [-0.1, -0.05) is 0 Å². The lowest BCUT2D eigenvalue weighted by molar-refractivity contribution is -0.164. The summed E-state index contributed by atoms with van der Waals surface area (Å²) in [5, 5.41) is 18.5. The highest BCUT2D eigenvalue weighted by Gasteiger charge is 2.49. The summed E-state index contributed by atoms with van der Waals surface area (Å²) in [6.45, 7) is 2.78. The van der Waals surface area contributed by atoms with E-state index in [2.05, 4.69) is 15.0 Å². The van der Waals surface area contributed by atoms with E-state index in [4.69, 9.17) is 21.3 Å². The van der Waals surface area contributed by atoms with E-state index in [1.54, 1.807) is 13.8 Å². The molecule has 25 heavy (non-hydrogen) atoms. The van der Waals surface area contributed by atoms with Crippen molar-refractivity contribution in [1.29, 1.82) is 0 Å². The van der Waals surface area contributed by atoms with Crippen LogP contribution in [0.2, 0.25) is 0 Å². The van der Waals surface area contributed by atoms with Gasteiger partial charge in [0.2, 0.25) is 5.95 Å². The number of carbonyl (C=O) groups is 1. The first-order valence-corrected chi connectivity index (χ1v) is 7.60. The predicted octanol–water partition coefficient (Wildman–Crippen LogP) is -0.991. The van der Waals surface area contributed by atoms with E-state index < -0.39 is 22.7 Å². The molecule has 2 heterocycles. The number of nitrogen functional groups attached to an aromatic ring is 1. The van der Waals surface area contributed by atoms with Crippen molar-refractivity contribution < 1.29 is 19.7 Å². The smallest absolute Gasteiger partial charge is 0.326 e. The van der Waals surface area contributed by atoms with E-state index in [1.165, 1.54) is 10.9 Å². The molecule has 7 N–H and O–H groups in total. The van der Waals surface area contributed by atoms with Crippen molar-refractivity contribution in [2.45, 2.75) is 44.6 Å². The number of hydrogen-bond acceptors (Lipinski definition) is 8. The third kappa shape index (κ3) is 3.48. The molecule has 0 aliphatic heterocycles. The van der Waals surface area contributed by atoms with Crippen LogP contribution in [0.4, 0.5) is 5.95 Å². The van der Waals surface area contributed by atoms with Crippen LogP contribution in [-0.4, -0.2) is 53.4 Å². The van der Waals surface area contributed by atoms with Crippen molar-refractivity contribution in [2.75, 3.05) is 12.3 Å². The molecule has 0 saturated carbocycles. The number of fused-ring (bicyclic) bond motifs is 1. The molecule has 0 aliphatic carbocycles. The van der Waals surface area contributed by atoms with Gasteiger partial charge >= 0.3 is 5.97 Å². The zero-order chi connectivity index (χ0) is 18.8. The van der Waals surface area contributed by atoms with E-state index in [0.29, 0.717) is 0 Å². The van der Waals surface area contributed by atoms with Gasteiger partial charge in [-0.25, -0.2) is 4.98 Å². The van der Waals surface area contributed by atoms with Gasteiger partial charge in [-0.2, -0.15) is 4.98 Å². The molecule has 0 amide bonds. The summed E-state index contributed by atoms with van der Waals surface area (Å²) >= 11 is 0. The first kappa shape index (κ1) is 18.8. The Kier molecular flexibility index (Phi) is 5.11. The van der Waals surface area contributed by atoms with Gasteiger partial charge in [-0.05, 0) is 26.7 Å². The van der Waals surface area contributed by atoms with E-state index in [-0.39, 0.29) is 43.3 Å². The average Bonchev–Trinajstić information content (AvgIpc) is 2.93. The molecule has 1 atom stereocenters. The van der Waals surface area contributed by atoms with Crippen molar-refractivity contribution in [3.05, 3.63) is 16.7 Å². The van der Waals surface area contributed by atoms with Gasteiger partial charge in [-0.3, -0.25) is 19.1 Å². The van der Waals surface area contributed by atoms with Crippen molar-refractivity contribution >= 4 is 23.1 Å². The monoisotopic (exact) mass is 354 g/mol. The molecule has 0 aliphatic rings. The number of carboxylic acid groups (broad SMARTS) is 1. The summed E-state index contributed by atoms with van der Waals surface area (Å²) in [4.78, 5) is 33.7. The first-order valence-electron chi connectivity index (χ1n) is 7.60. The van der Waals surface area contributed by atoms with Crippen LogP contribution in [0.15, 0.2) is 11.1 Å². The maximum atomic E-state index is 11.8. The first-order chi connectivity index (χ1) is 11.6. The molecule has 0 saturated heterocycles. The Bertz CT molecular complexity index is 829. The van der Waals surface area contributed by atoms with Crippen LogP contribution in [0.5, 0.6) is 0 Å². The Morgan fingerprint density at radius 1 is 1.48 bits per heavy atom. The topological polar surface area (TPSA) is 182 Å². The molecule has 2 aromatic rings. The maximum Gasteiger partial charge on any atom is 0.326 e. The number of H-pyrrole nitrogens is 1. The number of imidazole rings is 1. The van der Waals surface area contributed by atoms with Crippen LogP contribution in [0.25, 0.3) is 11.2 Å². The van der Waals surface area contributed by atoms with Gasteiger partial charge in [0.25, 0.3) is 5.56 Å². The number of nitrogens with two attached hydrogens (primary N) is 2. The third-order valence-corrected chi connectivity index (χ3v) is 4.24.